The van der Waals surface area contributed by atoms with Crippen LogP contribution in [0.3, 0.4) is 0 Å². The van der Waals surface area contributed by atoms with E-state index in [-0.39, 0.29) is 0 Å². The largest absolute Gasteiger partial charge is 0.493 e. The summed E-state index contributed by atoms with van der Waals surface area (Å²) in [5, 5.41) is 5.63. The minimum absolute atomic E-state index is 0.756. The Labute approximate surface area is 149 Å². The third kappa shape index (κ3) is 3.69. The zero-order chi connectivity index (χ0) is 16.9. The highest BCUT2D eigenvalue weighted by Crippen LogP contribution is 2.27. The first-order valence-electron chi connectivity index (χ1n) is 9.29. The fraction of sp³-hybridized carbons (Fsp3) is 0.381. The fourth-order valence-electron chi connectivity index (χ4n) is 3.58. The van der Waals surface area contributed by atoms with E-state index in [9.17, 15) is 0 Å². The number of piperidine rings is 1. The summed E-state index contributed by atoms with van der Waals surface area (Å²) >= 11 is 0. The van der Waals surface area contributed by atoms with Crippen LogP contribution in [0.1, 0.15) is 25.7 Å². The Balaban J connectivity index is 1.43. The van der Waals surface area contributed by atoms with Crippen molar-refractivity contribution >= 4 is 10.9 Å². The number of likely N-dealkylation sites (tertiary alicyclic amines) is 1. The number of fused-ring (bicyclic) bond motifs is 1. The van der Waals surface area contributed by atoms with E-state index in [0.717, 1.165) is 41.9 Å². The van der Waals surface area contributed by atoms with Crippen molar-refractivity contribution in [3.8, 4) is 11.4 Å². The van der Waals surface area contributed by atoms with Gasteiger partial charge in [-0.05, 0) is 56.6 Å². The lowest BCUT2D eigenvalue weighted by molar-refractivity contribution is 0.205. The SMILES string of the molecule is c1ccc(-n2ncc3c(OCCCN4CCCCC4)cccc32)cc1. The second-order valence-corrected chi connectivity index (χ2v) is 6.69. The molecule has 0 N–H and O–H groups in total. The van der Waals surface area contributed by atoms with E-state index < -0.39 is 0 Å². The second-order valence-electron chi connectivity index (χ2n) is 6.69. The summed E-state index contributed by atoms with van der Waals surface area (Å²) in [5.74, 6) is 0.929. The van der Waals surface area contributed by atoms with Gasteiger partial charge in [0.15, 0.2) is 0 Å². The Morgan fingerprint density at radius 2 is 1.76 bits per heavy atom. The number of benzene rings is 2. The lowest BCUT2D eigenvalue weighted by Crippen LogP contribution is -2.31. The number of para-hydroxylation sites is 1. The zero-order valence-electron chi connectivity index (χ0n) is 14.6. The first kappa shape index (κ1) is 16.2. The van der Waals surface area contributed by atoms with Crippen LogP contribution in [0.15, 0.2) is 54.7 Å². The molecular weight excluding hydrogens is 310 g/mol. The van der Waals surface area contributed by atoms with Crippen LogP contribution >= 0.6 is 0 Å². The van der Waals surface area contributed by atoms with E-state index in [4.69, 9.17) is 4.74 Å². The topological polar surface area (TPSA) is 30.3 Å². The van der Waals surface area contributed by atoms with Crippen LogP contribution in [-0.4, -0.2) is 40.9 Å². The summed E-state index contributed by atoms with van der Waals surface area (Å²) in [5.41, 5.74) is 2.15. The molecule has 0 spiro atoms. The van der Waals surface area contributed by atoms with Crippen molar-refractivity contribution in [1.29, 1.82) is 0 Å². The average Bonchev–Trinajstić information content (AvgIpc) is 3.12. The molecule has 0 aliphatic carbocycles. The van der Waals surface area contributed by atoms with E-state index in [1.165, 1.54) is 32.4 Å². The maximum atomic E-state index is 6.08. The van der Waals surface area contributed by atoms with Gasteiger partial charge in [-0.15, -0.1) is 0 Å². The standard InChI is InChI=1S/C21H25N3O/c1-3-9-18(10-4-1)24-20-11-7-12-21(19(20)17-22-24)25-16-8-15-23-13-5-2-6-14-23/h1,3-4,7,9-12,17H,2,5-6,8,13-16H2. The van der Waals surface area contributed by atoms with Gasteiger partial charge in [0.1, 0.15) is 5.75 Å². The zero-order valence-corrected chi connectivity index (χ0v) is 14.6. The number of hydrogen-bond donors (Lipinski definition) is 0. The number of rotatable bonds is 6. The molecule has 0 saturated carbocycles. The molecule has 4 heteroatoms. The summed E-state index contributed by atoms with van der Waals surface area (Å²) in [6.07, 6.45) is 7.06. The van der Waals surface area contributed by atoms with Gasteiger partial charge in [-0.2, -0.15) is 5.10 Å². The summed E-state index contributed by atoms with van der Waals surface area (Å²) in [4.78, 5) is 2.56. The lowest BCUT2D eigenvalue weighted by Gasteiger charge is -2.26. The summed E-state index contributed by atoms with van der Waals surface area (Å²) < 4.78 is 8.05. The maximum Gasteiger partial charge on any atom is 0.130 e. The van der Waals surface area contributed by atoms with Gasteiger partial charge in [-0.3, -0.25) is 0 Å². The molecule has 1 aliphatic heterocycles. The number of hydrogen-bond acceptors (Lipinski definition) is 3. The van der Waals surface area contributed by atoms with Crippen molar-refractivity contribution in [3.63, 3.8) is 0 Å². The van der Waals surface area contributed by atoms with Crippen molar-refractivity contribution in [2.45, 2.75) is 25.7 Å². The van der Waals surface area contributed by atoms with Crippen molar-refractivity contribution in [1.82, 2.24) is 14.7 Å². The molecule has 0 atom stereocenters. The van der Waals surface area contributed by atoms with Gasteiger partial charge in [0.2, 0.25) is 0 Å². The lowest BCUT2D eigenvalue weighted by atomic mass is 10.1. The molecule has 2 aromatic carbocycles. The van der Waals surface area contributed by atoms with Gasteiger partial charge >= 0.3 is 0 Å². The van der Waals surface area contributed by atoms with E-state index >= 15 is 0 Å². The molecule has 130 valence electrons. The molecule has 0 radical (unpaired) electrons. The Hall–Kier alpha value is -2.33. The van der Waals surface area contributed by atoms with Crippen LogP contribution in [0, 0.1) is 0 Å². The number of aromatic nitrogens is 2. The third-order valence-corrected chi connectivity index (χ3v) is 4.90. The highest BCUT2D eigenvalue weighted by Gasteiger charge is 2.11. The Kier molecular flexibility index (Phi) is 4.98. The molecule has 0 amide bonds. The van der Waals surface area contributed by atoms with Gasteiger partial charge in [0.25, 0.3) is 0 Å². The third-order valence-electron chi connectivity index (χ3n) is 4.90. The molecule has 1 aromatic heterocycles. The molecule has 3 aromatic rings. The van der Waals surface area contributed by atoms with Crippen LogP contribution < -0.4 is 4.74 Å². The molecule has 1 aliphatic rings. The summed E-state index contributed by atoms with van der Waals surface area (Å²) in [6.45, 7) is 4.39. The Morgan fingerprint density at radius 1 is 0.920 bits per heavy atom. The monoisotopic (exact) mass is 335 g/mol. The summed E-state index contributed by atoms with van der Waals surface area (Å²) in [6, 6.07) is 16.4. The minimum atomic E-state index is 0.756. The van der Waals surface area contributed by atoms with Crippen LogP contribution in [0.2, 0.25) is 0 Å². The first-order valence-corrected chi connectivity index (χ1v) is 9.29. The van der Waals surface area contributed by atoms with Crippen LogP contribution in [0.5, 0.6) is 5.75 Å². The molecule has 1 fully saturated rings. The quantitative estimate of drug-likeness (QED) is 0.630. The van der Waals surface area contributed by atoms with Crippen molar-refractivity contribution in [2.24, 2.45) is 0 Å². The molecule has 1 saturated heterocycles. The van der Waals surface area contributed by atoms with Gasteiger partial charge < -0.3 is 9.64 Å². The van der Waals surface area contributed by atoms with Gasteiger partial charge in [0, 0.05) is 6.54 Å². The molecular formula is C21H25N3O. The average molecular weight is 335 g/mol. The Morgan fingerprint density at radius 3 is 2.60 bits per heavy atom. The van der Waals surface area contributed by atoms with E-state index in [1.807, 2.05) is 41.2 Å². The predicted molar refractivity (Wildman–Crippen MR) is 101 cm³/mol. The molecule has 2 heterocycles. The highest BCUT2D eigenvalue weighted by molar-refractivity contribution is 5.86. The molecule has 0 unspecified atom stereocenters. The van der Waals surface area contributed by atoms with Gasteiger partial charge in [-0.25, -0.2) is 4.68 Å². The van der Waals surface area contributed by atoms with Crippen molar-refractivity contribution in [2.75, 3.05) is 26.2 Å². The molecule has 0 bridgehead atoms. The number of ether oxygens (including phenoxy) is 1. The van der Waals surface area contributed by atoms with Crippen LogP contribution in [-0.2, 0) is 0 Å². The molecule has 25 heavy (non-hydrogen) atoms. The van der Waals surface area contributed by atoms with Crippen LogP contribution in [0.4, 0.5) is 0 Å². The smallest absolute Gasteiger partial charge is 0.130 e. The summed E-state index contributed by atoms with van der Waals surface area (Å²) in [7, 11) is 0. The first-order chi connectivity index (χ1) is 12.4. The number of nitrogens with zero attached hydrogens (tertiary/aromatic N) is 3. The highest BCUT2D eigenvalue weighted by atomic mass is 16.5. The van der Waals surface area contributed by atoms with E-state index in [0.29, 0.717) is 0 Å². The van der Waals surface area contributed by atoms with E-state index in [2.05, 4.69) is 28.2 Å². The maximum absolute atomic E-state index is 6.08. The van der Waals surface area contributed by atoms with Crippen molar-refractivity contribution < 1.29 is 4.74 Å². The van der Waals surface area contributed by atoms with Crippen molar-refractivity contribution in [3.05, 3.63) is 54.7 Å². The van der Waals surface area contributed by atoms with Crippen LogP contribution in [0.25, 0.3) is 16.6 Å². The fourth-order valence-corrected chi connectivity index (χ4v) is 3.58. The normalized spacial score (nSPS) is 15.5. The second kappa shape index (κ2) is 7.70. The van der Waals surface area contributed by atoms with Gasteiger partial charge in [0.05, 0.1) is 29.4 Å². The van der Waals surface area contributed by atoms with E-state index in [1.54, 1.807) is 0 Å². The predicted octanol–water partition coefficient (Wildman–Crippen LogP) is 4.28. The Bertz CT molecular complexity index is 806. The minimum Gasteiger partial charge on any atom is -0.493 e. The van der Waals surface area contributed by atoms with Gasteiger partial charge in [-0.1, -0.05) is 30.7 Å². The molecule has 4 nitrogen and oxygen atoms in total. The molecule has 4 rings (SSSR count).